The fraction of sp³-hybridized carbons (Fsp3) is 0.238. The zero-order valence-electron chi connectivity index (χ0n) is 18.3. The molecule has 0 bridgehead atoms. The molecule has 11 nitrogen and oxygen atoms in total. The standard InChI is InChI=1S/C21H25N9O2/c1-5-6-10-16(23-2)27-21-24-11-14(18(22)31)20(28-21)26-15-9-7-8-13(17(15)32-4)19-25-12-30(3)29-19/h6-12H,5H2,1-4H3,(H2,22,31)(H2,23,24,26,27,28)/b10-6-. The largest absolute Gasteiger partial charge is 0.494 e. The van der Waals surface area contributed by atoms with Gasteiger partial charge in [0.25, 0.3) is 5.91 Å². The van der Waals surface area contributed by atoms with E-state index >= 15 is 0 Å². The number of hydrogen-bond donors (Lipinski definition) is 3. The van der Waals surface area contributed by atoms with Gasteiger partial charge in [0, 0.05) is 20.3 Å². The molecule has 0 spiro atoms. The highest BCUT2D eigenvalue weighted by Crippen LogP contribution is 2.36. The number of nitrogens with two attached hydrogens (primary N) is 1. The molecule has 0 aliphatic carbocycles. The summed E-state index contributed by atoms with van der Waals surface area (Å²) in [6.07, 6.45) is 7.59. The van der Waals surface area contributed by atoms with E-state index in [1.807, 2.05) is 31.2 Å². The Kier molecular flexibility index (Phi) is 7.11. The summed E-state index contributed by atoms with van der Waals surface area (Å²) in [7, 11) is 4.98. The number of methoxy groups -OCH3 is 1. The van der Waals surface area contributed by atoms with Crippen LogP contribution in [-0.2, 0) is 7.05 Å². The van der Waals surface area contributed by atoms with Gasteiger partial charge in [-0.25, -0.2) is 9.97 Å². The lowest BCUT2D eigenvalue weighted by Crippen LogP contribution is -2.18. The smallest absolute Gasteiger partial charge is 0.254 e. The topological polar surface area (TPSA) is 145 Å². The van der Waals surface area contributed by atoms with Crippen LogP contribution >= 0.6 is 0 Å². The van der Waals surface area contributed by atoms with Gasteiger partial charge in [0.2, 0.25) is 5.95 Å². The number of aromatic nitrogens is 5. The number of anilines is 3. The van der Waals surface area contributed by atoms with E-state index in [1.165, 1.54) is 6.20 Å². The molecular formula is C21H25N9O2. The number of nitrogens with zero attached hydrogens (tertiary/aromatic N) is 6. The molecular weight excluding hydrogens is 410 g/mol. The van der Waals surface area contributed by atoms with E-state index in [0.29, 0.717) is 28.7 Å². The molecule has 0 fully saturated rings. The number of aryl methyl sites for hydroxylation is 1. The minimum atomic E-state index is -0.671. The molecule has 1 amide bonds. The third kappa shape index (κ3) is 5.06. The molecule has 4 N–H and O–H groups in total. The van der Waals surface area contributed by atoms with Crippen molar-refractivity contribution in [3.05, 3.63) is 48.4 Å². The number of benzene rings is 1. The fourth-order valence-corrected chi connectivity index (χ4v) is 2.86. The number of rotatable bonds is 8. The zero-order valence-corrected chi connectivity index (χ0v) is 18.3. The summed E-state index contributed by atoms with van der Waals surface area (Å²) in [6.45, 7) is 2.02. The maximum absolute atomic E-state index is 12.0. The second-order valence-corrected chi connectivity index (χ2v) is 6.62. The first kappa shape index (κ1) is 22.4. The summed E-state index contributed by atoms with van der Waals surface area (Å²) in [6, 6.07) is 5.44. The van der Waals surface area contributed by atoms with Gasteiger partial charge < -0.3 is 21.1 Å². The Morgan fingerprint density at radius 3 is 2.78 bits per heavy atom. The van der Waals surface area contributed by atoms with Crippen LogP contribution in [0.4, 0.5) is 17.5 Å². The SMILES string of the molecule is CC/C=C\C(=NC)Nc1ncc(C(N)=O)c(Nc2cccc(-c3ncn(C)n3)c2OC)n1. The van der Waals surface area contributed by atoms with Crippen LogP contribution in [-0.4, -0.2) is 50.6 Å². The highest BCUT2D eigenvalue weighted by Gasteiger charge is 2.18. The number of carbonyl (C=O) groups is 1. The minimum Gasteiger partial charge on any atom is -0.494 e. The first-order valence-corrected chi connectivity index (χ1v) is 9.84. The van der Waals surface area contributed by atoms with Crippen molar-refractivity contribution >= 4 is 29.2 Å². The maximum atomic E-state index is 12.0. The number of allylic oxidation sites excluding steroid dienone is 1. The molecule has 3 rings (SSSR count). The molecule has 0 unspecified atom stereocenters. The van der Waals surface area contributed by atoms with Gasteiger partial charge in [-0.15, -0.1) is 0 Å². The molecule has 11 heteroatoms. The Bertz CT molecular complexity index is 1170. The summed E-state index contributed by atoms with van der Waals surface area (Å²) < 4.78 is 7.21. The van der Waals surface area contributed by atoms with Crippen molar-refractivity contribution in [3.8, 4) is 17.1 Å². The number of amidine groups is 1. The Balaban J connectivity index is 2.00. The van der Waals surface area contributed by atoms with E-state index in [9.17, 15) is 4.79 Å². The van der Waals surface area contributed by atoms with E-state index in [1.54, 1.807) is 38.3 Å². The van der Waals surface area contributed by atoms with Crippen LogP contribution in [0.25, 0.3) is 11.4 Å². The molecule has 0 aliphatic heterocycles. The van der Waals surface area contributed by atoms with Crippen LogP contribution in [0.3, 0.4) is 0 Å². The van der Waals surface area contributed by atoms with E-state index in [0.717, 1.165) is 6.42 Å². The summed E-state index contributed by atoms with van der Waals surface area (Å²) in [4.78, 5) is 29.0. The fourth-order valence-electron chi connectivity index (χ4n) is 2.86. The predicted molar refractivity (Wildman–Crippen MR) is 123 cm³/mol. The summed E-state index contributed by atoms with van der Waals surface area (Å²) in [5, 5.41) is 10.5. The molecule has 2 aromatic heterocycles. The number of ether oxygens (including phenoxy) is 1. The second-order valence-electron chi connectivity index (χ2n) is 6.62. The van der Waals surface area contributed by atoms with Crippen LogP contribution in [0.2, 0.25) is 0 Å². The van der Waals surface area contributed by atoms with E-state index in [2.05, 4.69) is 35.7 Å². The number of amides is 1. The highest BCUT2D eigenvalue weighted by atomic mass is 16.5. The molecule has 0 saturated heterocycles. The third-order valence-electron chi connectivity index (χ3n) is 4.36. The molecule has 0 radical (unpaired) electrons. The molecule has 166 valence electrons. The van der Waals surface area contributed by atoms with Gasteiger partial charge in [0.05, 0.1) is 18.4 Å². The Morgan fingerprint density at radius 2 is 2.16 bits per heavy atom. The van der Waals surface area contributed by atoms with Crippen molar-refractivity contribution in [1.82, 2.24) is 24.7 Å². The molecule has 3 aromatic rings. The van der Waals surface area contributed by atoms with Crippen LogP contribution in [0, 0.1) is 0 Å². The normalized spacial score (nSPS) is 11.6. The Morgan fingerprint density at radius 1 is 1.34 bits per heavy atom. The van der Waals surface area contributed by atoms with Gasteiger partial charge in [0.15, 0.2) is 11.6 Å². The summed E-state index contributed by atoms with van der Waals surface area (Å²) in [5.41, 5.74) is 6.89. The monoisotopic (exact) mass is 435 g/mol. The highest BCUT2D eigenvalue weighted by molar-refractivity contribution is 6.03. The maximum Gasteiger partial charge on any atom is 0.254 e. The van der Waals surface area contributed by atoms with Crippen molar-refractivity contribution in [3.63, 3.8) is 0 Å². The molecule has 32 heavy (non-hydrogen) atoms. The second kappa shape index (κ2) is 10.2. The first-order chi connectivity index (χ1) is 15.5. The summed E-state index contributed by atoms with van der Waals surface area (Å²) in [5.74, 6) is 1.36. The number of hydrogen-bond acceptors (Lipinski definition) is 8. The van der Waals surface area contributed by atoms with Crippen molar-refractivity contribution in [2.24, 2.45) is 17.8 Å². The van der Waals surface area contributed by atoms with Crippen LogP contribution in [0.1, 0.15) is 23.7 Å². The van der Waals surface area contributed by atoms with Crippen LogP contribution in [0.5, 0.6) is 5.75 Å². The third-order valence-corrected chi connectivity index (χ3v) is 4.36. The Hall–Kier alpha value is -4.28. The van der Waals surface area contributed by atoms with Crippen molar-refractivity contribution in [2.75, 3.05) is 24.8 Å². The van der Waals surface area contributed by atoms with Gasteiger partial charge in [-0.1, -0.05) is 19.1 Å². The number of aliphatic imine (C=N–C) groups is 1. The molecule has 0 saturated carbocycles. The van der Waals surface area contributed by atoms with E-state index < -0.39 is 5.91 Å². The minimum absolute atomic E-state index is 0.123. The van der Waals surface area contributed by atoms with Crippen LogP contribution < -0.4 is 21.1 Å². The van der Waals surface area contributed by atoms with Crippen molar-refractivity contribution < 1.29 is 9.53 Å². The van der Waals surface area contributed by atoms with Crippen molar-refractivity contribution in [2.45, 2.75) is 13.3 Å². The van der Waals surface area contributed by atoms with Gasteiger partial charge in [-0.3, -0.25) is 14.5 Å². The number of carbonyl (C=O) groups excluding carboxylic acids is 1. The predicted octanol–water partition coefficient (Wildman–Crippen LogP) is 2.53. The van der Waals surface area contributed by atoms with Gasteiger partial charge >= 0.3 is 0 Å². The lowest BCUT2D eigenvalue weighted by molar-refractivity contribution is 0.100. The van der Waals surface area contributed by atoms with E-state index in [4.69, 9.17) is 10.5 Å². The van der Waals surface area contributed by atoms with Crippen molar-refractivity contribution in [1.29, 1.82) is 0 Å². The number of nitrogens with one attached hydrogen (secondary N) is 2. The zero-order chi connectivity index (χ0) is 23.1. The van der Waals surface area contributed by atoms with Crippen LogP contribution in [0.15, 0.2) is 47.9 Å². The quantitative estimate of drug-likeness (QED) is 0.361. The molecule has 0 atom stereocenters. The van der Waals surface area contributed by atoms with Gasteiger partial charge in [-0.2, -0.15) is 10.1 Å². The number of primary amides is 1. The molecule has 0 aliphatic rings. The first-order valence-electron chi connectivity index (χ1n) is 9.84. The molecule has 1 aromatic carbocycles. The number of para-hydroxylation sites is 1. The lowest BCUT2D eigenvalue weighted by Gasteiger charge is -2.15. The van der Waals surface area contributed by atoms with Gasteiger partial charge in [-0.05, 0) is 24.6 Å². The van der Waals surface area contributed by atoms with E-state index in [-0.39, 0.29) is 17.3 Å². The summed E-state index contributed by atoms with van der Waals surface area (Å²) >= 11 is 0. The lowest BCUT2D eigenvalue weighted by atomic mass is 10.1. The Labute approximate surface area is 185 Å². The average molecular weight is 435 g/mol. The van der Waals surface area contributed by atoms with Gasteiger partial charge in [0.1, 0.15) is 23.5 Å². The average Bonchev–Trinajstić information content (AvgIpc) is 3.22. The molecule has 2 heterocycles.